The Hall–Kier alpha value is -2.22. The molecule has 0 saturated carbocycles. The van der Waals surface area contributed by atoms with Gasteiger partial charge in [0.15, 0.2) is 17.3 Å². The van der Waals surface area contributed by atoms with Gasteiger partial charge in [-0.15, -0.1) is 0 Å². The molecule has 0 spiro atoms. The first kappa shape index (κ1) is 12.2. The van der Waals surface area contributed by atoms with Gasteiger partial charge < -0.3 is 19.5 Å². The zero-order valence-electron chi connectivity index (χ0n) is 9.71. The quantitative estimate of drug-likeness (QED) is 0.710. The van der Waals surface area contributed by atoms with Crippen molar-refractivity contribution in [1.82, 2.24) is 20.6 Å². The number of aromatic nitrogens is 3. The summed E-state index contributed by atoms with van der Waals surface area (Å²) in [5.74, 6) is 0.524. The molecular formula is C10H12N4O4. The van der Waals surface area contributed by atoms with Crippen LogP contribution >= 0.6 is 0 Å². The number of carbonyl (C=O) groups is 1. The Morgan fingerprint density at radius 3 is 2.89 bits per heavy atom. The predicted molar refractivity (Wildman–Crippen MR) is 57.9 cm³/mol. The van der Waals surface area contributed by atoms with Gasteiger partial charge in [0.05, 0.1) is 6.54 Å². The van der Waals surface area contributed by atoms with Gasteiger partial charge in [0, 0.05) is 19.0 Å². The Labute approximate surface area is 102 Å². The fourth-order valence-corrected chi connectivity index (χ4v) is 1.35. The van der Waals surface area contributed by atoms with E-state index >= 15 is 0 Å². The van der Waals surface area contributed by atoms with Gasteiger partial charge >= 0.3 is 5.97 Å². The second-order valence-electron chi connectivity index (χ2n) is 3.65. The van der Waals surface area contributed by atoms with Crippen LogP contribution in [0.15, 0.2) is 15.1 Å². The van der Waals surface area contributed by atoms with Crippen molar-refractivity contribution < 1.29 is 18.9 Å². The summed E-state index contributed by atoms with van der Waals surface area (Å²) >= 11 is 0. The zero-order chi connectivity index (χ0) is 13.0. The Morgan fingerprint density at radius 1 is 1.44 bits per heavy atom. The van der Waals surface area contributed by atoms with Crippen molar-refractivity contribution in [3.63, 3.8) is 0 Å². The minimum Gasteiger partial charge on any atom is -0.476 e. The number of nitrogens with zero attached hydrogens (tertiary/aromatic N) is 3. The van der Waals surface area contributed by atoms with Crippen LogP contribution in [0.2, 0.25) is 0 Å². The molecule has 0 aromatic carbocycles. The molecule has 0 bridgehead atoms. The lowest BCUT2D eigenvalue weighted by Crippen LogP contribution is -2.16. The Morgan fingerprint density at radius 2 is 2.28 bits per heavy atom. The maximum absolute atomic E-state index is 10.6. The normalized spacial score (nSPS) is 10.7. The molecule has 0 fully saturated rings. The summed E-state index contributed by atoms with van der Waals surface area (Å²) in [5.41, 5.74) is -0.0978. The van der Waals surface area contributed by atoms with E-state index in [0.29, 0.717) is 37.0 Å². The second kappa shape index (κ2) is 5.41. The summed E-state index contributed by atoms with van der Waals surface area (Å²) in [4.78, 5) is 14.6. The van der Waals surface area contributed by atoms with Gasteiger partial charge in [0.25, 0.3) is 0 Å². The Kier molecular flexibility index (Phi) is 3.68. The lowest BCUT2D eigenvalue weighted by Gasteiger charge is -1.97. The molecule has 0 unspecified atom stereocenters. The predicted octanol–water partition coefficient (Wildman–Crippen LogP) is 0.397. The highest BCUT2D eigenvalue weighted by molar-refractivity contribution is 5.85. The summed E-state index contributed by atoms with van der Waals surface area (Å²) in [5, 5.41) is 18.8. The van der Waals surface area contributed by atoms with Crippen molar-refractivity contribution >= 4 is 5.97 Å². The van der Waals surface area contributed by atoms with E-state index in [2.05, 4.69) is 20.6 Å². The van der Waals surface area contributed by atoms with Crippen LogP contribution in [0.25, 0.3) is 0 Å². The third-order valence-electron chi connectivity index (χ3n) is 2.16. The minimum absolute atomic E-state index is 0.0978. The molecule has 0 aliphatic carbocycles. The third-order valence-corrected chi connectivity index (χ3v) is 2.16. The van der Waals surface area contributed by atoms with Gasteiger partial charge in [-0.2, -0.15) is 4.98 Å². The van der Waals surface area contributed by atoms with Gasteiger partial charge in [-0.3, -0.25) is 0 Å². The highest BCUT2D eigenvalue weighted by atomic mass is 16.5. The molecule has 0 saturated heterocycles. The fraction of sp³-hybridized carbons (Fsp3) is 0.400. The van der Waals surface area contributed by atoms with Gasteiger partial charge in [0.2, 0.25) is 5.89 Å². The summed E-state index contributed by atoms with van der Waals surface area (Å²) < 4.78 is 9.78. The Balaban J connectivity index is 1.73. The van der Waals surface area contributed by atoms with E-state index in [1.165, 1.54) is 6.07 Å². The van der Waals surface area contributed by atoms with E-state index in [-0.39, 0.29) is 5.69 Å². The smallest absolute Gasteiger partial charge is 0.358 e. The topological polar surface area (TPSA) is 114 Å². The zero-order valence-corrected chi connectivity index (χ0v) is 9.71. The highest BCUT2D eigenvalue weighted by Gasteiger charge is 2.10. The summed E-state index contributed by atoms with van der Waals surface area (Å²) in [6.07, 6.45) is 0.598. The molecule has 2 rings (SSSR count). The van der Waals surface area contributed by atoms with Crippen LogP contribution < -0.4 is 5.32 Å². The second-order valence-corrected chi connectivity index (χ2v) is 3.65. The summed E-state index contributed by atoms with van der Waals surface area (Å²) in [6.45, 7) is 2.76. The average molecular weight is 252 g/mol. The number of hydrogen-bond donors (Lipinski definition) is 2. The number of rotatable bonds is 6. The average Bonchev–Trinajstić information content (AvgIpc) is 2.93. The number of carboxylic acids is 1. The molecule has 0 aliphatic heterocycles. The Bertz CT molecular complexity index is 533. The molecular weight excluding hydrogens is 240 g/mol. The molecule has 2 heterocycles. The summed E-state index contributed by atoms with van der Waals surface area (Å²) in [7, 11) is 0. The van der Waals surface area contributed by atoms with Gasteiger partial charge in [-0.25, -0.2) is 4.79 Å². The molecule has 0 atom stereocenters. The molecule has 2 N–H and O–H groups in total. The van der Waals surface area contributed by atoms with Gasteiger partial charge in [0.1, 0.15) is 0 Å². The molecule has 8 nitrogen and oxygen atoms in total. The van der Waals surface area contributed by atoms with E-state index in [4.69, 9.17) is 14.2 Å². The molecule has 18 heavy (non-hydrogen) atoms. The van der Waals surface area contributed by atoms with Crippen molar-refractivity contribution in [1.29, 1.82) is 0 Å². The van der Waals surface area contributed by atoms with Crippen LogP contribution in [0.3, 0.4) is 0 Å². The van der Waals surface area contributed by atoms with Crippen molar-refractivity contribution in [2.45, 2.75) is 19.9 Å². The van der Waals surface area contributed by atoms with Crippen LogP contribution in [-0.4, -0.2) is 32.9 Å². The molecule has 8 heteroatoms. The van der Waals surface area contributed by atoms with Gasteiger partial charge in [-0.05, 0) is 6.92 Å². The monoisotopic (exact) mass is 252 g/mol. The lowest BCUT2D eigenvalue weighted by molar-refractivity contribution is 0.0685. The van der Waals surface area contributed by atoms with E-state index in [9.17, 15) is 4.79 Å². The van der Waals surface area contributed by atoms with Crippen LogP contribution in [-0.2, 0) is 13.0 Å². The number of carboxylic acid groups (broad SMARTS) is 1. The lowest BCUT2D eigenvalue weighted by atomic mass is 10.3. The first-order valence-electron chi connectivity index (χ1n) is 5.34. The first-order chi connectivity index (χ1) is 8.65. The summed E-state index contributed by atoms with van der Waals surface area (Å²) in [6, 6.07) is 1.38. The number of aryl methyl sites for hydroxylation is 1. The third kappa shape index (κ3) is 3.14. The van der Waals surface area contributed by atoms with E-state index in [1.807, 2.05) is 0 Å². The van der Waals surface area contributed by atoms with Crippen LogP contribution in [0.4, 0.5) is 0 Å². The first-order valence-corrected chi connectivity index (χ1v) is 5.34. The van der Waals surface area contributed by atoms with Crippen molar-refractivity contribution in [2.75, 3.05) is 6.54 Å². The van der Waals surface area contributed by atoms with E-state index in [0.717, 1.165) is 0 Å². The molecule has 2 aromatic rings. The molecule has 0 radical (unpaired) electrons. The van der Waals surface area contributed by atoms with Crippen LogP contribution in [0.1, 0.15) is 28.0 Å². The SMILES string of the molecule is Cc1noc(CCNCc2cc(C(=O)O)no2)n1. The van der Waals surface area contributed by atoms with Crippen LogP contribution in [0.5, 0.6) is 0 Å². The number of aromatic carboxylic acids is 1. The van der Waals surface area contributed by atoms with Crippen molar-refractivity contribution in [3.8, 4) is 0 Å². The standard InChI is InChI=1S/C10H12N4O4/c1-6-12-9(18-13-6)2-3-11-5-7-4-8(10(15)16)14-17-7/h4,11H,2-3,5H2,1H3,(H,15,16). The largest absolute Gasteiger partial charge is 0.476 e. The molecule has 2 aromatic heterocycles. The molecule has 0 amide bonds. The fourth-order valence-electron chi connectivity index (χ4n) is 1.35. The number of hydrogen-bond acceptors (Lipinski definition) is 7. The van der Waals surface area contributed by atoms with Gasteiger partial charge in [-0.1, -0.05) is 10.3 Å². The van der Waals surface area contributed by atoms with Crippen LogP contribution in [0, 0.1) is 6.92 Å². The van der Waals surface area contributed by atoms with Crippen molar-refractivity contribution in [2.24, 2.45) is 0 Å². The van der Waals surface area contributed by atoms with E-state index < -0.39 is 5.97 Å². The minimum atomic E-state index is -1.11. The number of nitrogens with one attached hydrogen (secondary N) is 1. The van der Waals surface area contributed by atoms with Crippen molar-refractivity contribution in [3.05, 3.63) is 29.2 Å². The molecule has 0 aliphatic rings. The maximum atomic E-state index is 10.6. The van der Waals surface area contributed by atoms with E-state index in [1.54, 1.807) is 6.92 Å². The molecule has 96 valence electrons. The maximum Gasteiger partial charge on any atom is 0.358 e. The highest BCUT2D eigenvalue weighted by Crippen LogP contribution is 2.03.